The van der Waals surface area contributed by atoms with Gasteiger partial charge in [0.1, 0.15) is 0 Å². The van der Waals surface area contributed by atoms with E-state index in [1.807, 2.05) is 12.1 Å². The summed E-state index contributed by atoms with van der Waals surface area (Å²) in [7, 11) is 0. The standard InChI is InChI=1S/C19H17ClN2O3/c20-16-3-1-2-14(10-16)11-21-19(25)15-6-4-13(5-7-15)12-22-17(23)8-9-18(22)24/h1-7,10H,8-9,11-12H2,(H,21,25). The van der Waals surface area contributed by atoms with Crippen molar-refractivity contribution in [3.05, 3.63) is 70.2 Å². The largest absolute Gasteiger partial charge is 0.348 e. The Bertz CT molecular complexity index is 802. The first-order valence-corrected chi connectivity index (χ1v) is 8.35. The zero-order valence-electron chi connectivity index (χ0n) is 13.5. The SMILES string of the molecule is O=C(NCc1cccc(Cl)c1)c1ccc(CN2C(=O)CCC2=O)cc1. The van der Waals surface area contributed by atoms with E-state index in [0.29, 0.717) is 17.1 Å². The summed E-state index contributed by atoms with van der Waals surface area (Å²) in [5.74, 6) is -0.485. The number of likely N-dealkylation sites (tertiary alicyclic amines) is 1. The van der Waals surface area contributed by atoms with Gasteiger partial charge in [-0.1, -0.05) is 35.9 Å². The van der Waals surface area contributed by atoms with Crippen LogP contribution < -0.4 is 5.32 Å². The normalized spacial score (nSPS) is 14.0. The summed E-state index contributed by atoms with van der Waals surface area (Å²) in [6.07, 6.45) is 0.561. The lowest BCUT2D eigenvalue weighted by molar-refractivity contribution is -0.139. The van der Waals surface area contributed by atoms with Gasteiger partial charge in [-0.25, -0.2) is 0 Å². The second kappa shape index (κ2) is 7.49. The number of carbonyl (C=O) groups is 3. The molecule has 1 N–H and O–H groups in total. The molecule has 3 rings (SSSR count). The fourth-order valence-corrected chi connectivity index (χ4v) is 2.89. The molecule has 2 aromatic carbocycles. The van der Waals surface area contributed by atoms with E-state index in [-0.39, 0.29) is 37.1 Å². The van der Waals surface area contributed by atoms with E-state index in [2.05, 4.69) is 5.32 Å². The van der Waals surface area contributed by atoms with Crippen LogP contribution in [0, 0.1) is 0 Å². The van der Waals surface area contributed by atoms with Crippen LogP contribution in [0.2, 0.25) is 5.02 Å². The van der Waals surface area contributed by atoms with Crippen molar-refractivity contribution in [2.24, 2.45) is 0 Å². The Morgan fingerprint density at radius 1 is 1.00 bits per heavy atom. The Hall–Kier alpha value is -2.66. The molecule has 0 bridgehead atoms. The molecule has 0 atom stereocenters. The van der Waals surface area contributed by atoms with Crippen LogP contribution in [-0.2, 0) is 22.7 Å². The zero-order valence-corrected chi connectivity index (χ0v) is 14.3. The molecule has 0 unspecified atom stereocenters. The minimum atomic E-state index is -0.195. The molecule has 1 fully saturated rings. The summed E-state index contributed by atoms with van der Waals surface area (Å²) in [5.41, 5.74) is 2.25. The molecule has 1 aliphatic heterocycles. The molecular formula is C19H17ClN2O3. The molecule has 1 saturated heterocycles. The molecule has 25 heavy (non-hydrogen) atoms. The Morgan fingerprint density at radius 3 is 2.32 bits per heavy atom. The van der Waals surface area contributed by atoms with Gasteiger partial charge >= 0.3 is 0 Å². The minimum Gasteiger partial charge on any atom is -0.348 e. The van der Waals surface area contributed by atoms with Gasteiger partial charge in [0, 0.05) is 30.0 Å². The van der Waals surface area contributed by atoms with Crippen LogP contribution in [0.15, 0.2) is 48.5 Å². The van der Waals surface area contributed by atoms with E-state index in [9.17, 15) is 14.4 Å². The number of nitrogens with zero attached hydrogens (tertiary/aromatic N) is 1. The molecule has 0 aliphatic carbocycles. The first kappa shape index (κ1) is 17.2. The Morgan fingerprint density at radius 2 is 1.68 bits per heavy atom. The van der Waals surface area contributed by atoms with Crippen molar-refractivity contribution in [2.75, 3.05) is 0 Å². The first-order valence-electron chi connectivity index (χ1n) is 7.98. The highest BCUT2D eigenvalue weighted by Crippen LogP contribution is 2.16. The van der Waals surface area contributed by atoms with Gasteiger partial charge in [0.25, 0.3) is 5.91 Å². The van der Waals surface area contributed by atoms with Gasteiger partial charge in [0.2, 0.25) is 11.8 Å². The van der Waals surface area contributed by atoms with Gasteiger partial charge in [-0.2, -0.15) is 0 Å². The molecule has 1 aliphatic rings. The van der Waals surface area contributed by atoms with Crippen molar-refractivity contribution >= 4 is 29.3 Å². The number of hydrogen-bond donors (Lipinski definition) is 1. The number of hydrogen-bond acceptors (Lipinski definition) is 3. The quantitative estimate of drug-likeness (QED) is 0.838. The molecule has 0 spiro atoms. The molecule has 6 heteroatoms. The van der Waals surface area contributed by atoms with E-state index in [0.717, 1.165) is 11.1 Å². The molecule has 1 heterocycles. The first-order chi connectivity index (χ1) is 12.0. The van der Waals surface area contributed by atoms with Gasteiger partial charge in [0.05, 0.1) is 6.54 Å². The van der Waals surface area contributed by atoms with Crippen LogP contribution in [0.5, 0.6) is 0 Å². The van der Waals surface area contributed by atoms with E-state index in [1.54, 1.807) is 36.4 Å². The maximum atomic E-state index is 12.2. The monoisotopic (exact) mass is 356 g/mol. The summed E-state index contributed by atoms with van der Waals surface area (Å²) in [6, 6.07) is 14.2. The zero-order chi connectivity index (χ0) is 17.8. The predicted octanol–water partition coefficient (Wildman–Crippen LogP) is 2.92. The second-order valence-electron chi connectivity index (χ2n) is 5.88. The Labute approximate surface area is 150 Å². The third-order valence-corrected chi connectivity index (χ3v) is 4.29. The van der Waals surface area contributed by atoms with Crippen molar-refractivity contribution in [2.45, 2.75) is 25.9 Å². The summed E-state index contributed by atoms with van der Waals surface area (Å²) in [4.78, 5) is 36.7. The van der Waals surface area contributed by atoms with Crippen molar-refractivity contribution in [3.63, 3.8) is 0 Å². The number of benzene rings is 2. The number of carbonyl (C=O) groups excluding carboxylic acids is 3. The van der Waals surface area contributed by atoms with Crippen molar-refractivity contribution in [1.82, 2.24) is 10.2 Å². The smallest absolute Gasteiger partial charge is 0.251 e. The fraction of sp³-hybridized carbons (Fsp3) is 0.211. The predicted molar refractivity (Wildman–Crippen MR) is 93.9 cm³/mol. The molecule has 0 aromatic heterocycles. The summed E-state index contributed by atoms with van der Waals surface area (Å²) < 4.78 is 0. The topological polar surface area (TPSA) is 66.5 Å². The summed E-state index contributed by atoms with van der Waals surface area (Å²) in [5, 5.41) is 3.46. The molecule has 0 radical (unpaired) electrons. The number of rotatable bonds is 5. The van der Waals surface area contributed by atoms with Crippen LogP contribution in [0.25, 0.3) is 0 Å². The fourth-order valence-electron chi connectivity index (χ4n) is 2.67. The average molecular weight is 357 g/mol. The van der Waals surface area contributed by atoms with Crippen molar-refractivity contribution in [1.29, 1.82) is 0 Å². The van der Waals surface area contributed by atoms with Gasteiger partial charge in [-0.3, -0.25) is 19.3 Å². The van der Waals surface area contributed by atoms with Crippen LogP contribution in [-0.4, -0.2) is 22.6 Å². The lowest BCUT2D eigenvalue weighted by Gasteiger charge is -2.14. The van der Waals surface area contributed by atoms with Crippen LogP contribution in [0.1, 0.15) is 34.3 Å². The average Bonchev–Trinajstić information content (AvgIpc) is 2.92. The number of imide groups is 1. The Balaban J connectivity index is 1.59. The number of nitrogens with one attached hydrogen (secondary N) is 1. The van der Waals surface area contributed by atoms with Gasteiger partial charge in [0.15, 0.2) is 0 Å². The minimum absolute atomic E-state index is 0.145. The molecule has 5 nitrogen and oxygen atoms in total. The maximum absolute atomic E-state index is 12.2. The number of amides is 3. The molecule has 3 amide bonds. The van der Waals surface area contributed by atoms with E-state index < -0.39 is 0 Å². The van der Waals surface area contributed by atoms with Crippen molar-refractivity contribution in [3.8, 4) is 0 Å². The number of halogens is 1. The van der Waals surface area contributed by atoms with Crippen LogP contribution in [0.3, 0.4) is 0 Å². The lowest BCUT2D eigenvalue weighted by Crippen LogP contribution is -2.28. The van der Waals surface area contributed by atoms with E-state index >= 15 is 0 Å². The summed E-state index contributed by atoms with van der Waals surface area (Å²) in [6.45, 7) is 0.639. The molecular weight excluding hydrogens is 340 g/mol. The molecule has 2 aromatic rings. The highest BCUT2D eigenvalue weighted by Gasteiger charge is 2.28. The second-order valence-corrected chi connectivity index (χ2v) is 6.32. The molecule has 0 saturated carbocycles. The van der Waals surface area contributed by atoms with E-state index in [4.69, 9.17) is 11.6 Å². The lowest BCUT2D eigenvalue weighted by atomic mass is 10.1. The third kappa shape index (κ3) is 4.25. The van der Waals surface area contributed by atoms with Gasteiger partial charge < -0.3 is 5.32 Å². The maximum Gasteiger partial charge on any atom is 0.251 e. The highest BCUT2D eigenvalue weighted by atomic mass is 35.5. The Kier molecular flexibility index (Phi) is 5.14. The van der Waals surface area contributed by atoms with Gasteiger partial charge in [-0.15, -0.1) is 0 Å². The van der Waals surface area contributed by atoms with Gasteiger partial charge in [-0.05, 0) is 35.4 Å². The third-order valence-electron chi connectivity index (χ3n) is 4.05. The van der Waals surface area contributed by atoms with Crippen LogP contribution >= 0.6 is 11.6 Å². The van der Waals surface area contributed by atoms with Crippen molar-refractivity contribution < 1.29 is 14.4 Å². The highest BCUT2D eigenvalue weighted by molar-refractivity contribution is 6.30. The van der Waals surface area contributed by atoms with Crippen LogP contribution in [0.4, 0.5) is 0 Å². The molecule has 128 valence electrons. The summed E-state index contributed by atoms with van der Waals surface area (Å²) >= 11 is 5.92. The van der Waals surface area contributed by atoms with E-state index in [1.165, 1.54) is 4.90 Å².